The van der Waals surface area contributed by atoms with Crippen molar-refractivity contribution in [2.24, 2.45) is 0 Å². The minimum absolute atomic E-state index is 0.0844. The zero-order chi connectivity index (χ0) is 41.4. The van der Waals surface area contributed by atoms with Gasteiger partial charge in [-0.15, -0.1) is 0 Å². The summed E-state index contributed by atoms with van der Waals surface area (Å²) in [6, 6.07) is -0.647. The van der Waals surface area contributed by atoms with Crippen molar-refractivity contribution < 1.29 is 15.0 Å². The molecule has 0 aliphatic heterocycles. The summed E-state index contributed by atoms with van der Waals surface area (Å²) in [5.74, 6) is -0.0844. The van der Waals surface area contributed by atoms with Crippen LogP contribution in [0.1, 0.15) is 251 Å². The van der Waals surface area contributed by atoms with Crippen LogP contribution in [0, 0.1) is 0 Å². The molecule has 0 fully saturated rings. The molecule has 0 aromatic rings. The first-order valence-electron chi connectivity index (χ1n) is 25.0. The van der Waals surface area contributed by atoms with Crippen molar-refractivity contribution in [1.29, 1.82) is 0 Å². The minimum Gasteiger partial charge on any atom is -0.394 e. The number of rotatable bonds is 45. The van der Waals surface area contributed by atoms with Crippen LogP contribution >= 0.6 is 0 Å². The van der Waals surface area contributed by atoms with Crippen molar-refractivity contribution in [3.63, 3.8) is 0 Å². The van der Waals surface area contributed by atoms with E-state index in [1.165, 1.54) is 167 Å². The van der Waals surface area contributed by atoms with Gasteiger partial charge in [0.2, 0.25) is 5.91 Å². The van der Waals surface area contributed by atoms with Crippen LogP contribution in [0.25, 0.3) is 0 Å². The molecule has 0 spiro atoms. The Morgan fingerprint density at radius 2 is 0.789 bits per heavy atom. The van der Waals surface area contributed by atoms with Gasteiger partial charge < -0.3 is 15.5 Å². The molecule has 0 bridgehead atoms. The third-order valence-electron chi connectivity index (χ3n) is 11.2. The van der Waals surface area contributed by atoms with E-state index < -0.39 is 12.1 Å². The highest BCUT2D eigenvalue weighted by molar-refractivity contribution is 5.76. The molecule has 1 amide bonds. The second-order valence-corrected chi connectivity index (χ2v) is 16.8. The molecule has 0 aliphatic rings. The summed E-state index contributed by atoms with van der Waals surface area (Å²) in [4.78, 5) is 12.4. The summed E-state index contributed by atoms with van der Waals surface area (Å²) in [5, 5.41) is 23.1. The Balaban J connectivity index is 3.56. The second kappa shape index (κ2) is 48.5. The lowest BCUT2D eigenvalue weighted by atomic mass is 10.0. The predicted octanol–water partition coefficient (Wildman–Crippen LogP) is 16.1. The molecule has 4 heteroatoms. The largest absolute Gasteiger partial charge is 0.394 e. The van der Waals surface area contributed by atoms with Gasteiger partial charge in [-0.1, -0.05) is 242 Å². The van der Waals surface area contributed by atoms with Crippen molar-refractivity contribution in [1.82, 2.24) is 5.32 Å². The molecule has 57 heavy (non-hydrogen) atoms. The summed E-state index contributed by atoms with van der Waals surface area (Å²) in [7, 11) is 0. The van der Waals surface area contributed by atoms with E-state index in [4.69, 9.17) is 0 Å². The number of carbonyl (C=O) groups is 1. The SMILES string of the molecule is CC/C=C\C/C=C\C/C=C\CCCCCCCCCC(=O)NC(CO)C(O)/C=C/CC/C=C/CCCCCCCCCCCCCCCCCCCCCCCC. The van der Waals surface area contributed by atoms with Gasteiger partial charge in [-0.2, -0.15) is 0 Å². The first kappa shape index (κ1) is 55.1. The third kappa shape index (κ3) is 45.0. The first-order valence-corrected chi connectivity index (χ1v) is 25.0. The Hall–Kier alpha value is -1.91. The lowest BCUT2D eigenvalue weighted by Gasteiger charge is -2.19. The summed E-state index contributed by atoms with van der Waals surface area (Å²) >= 11 is 0. The molecular formula is C53H97NO3. The Labute approximate surface area is 356 Å². The van der Waals surface area contributed by atoms with Crippen molar-refractivity contribution in [2.75, 3.05) is 6.61 Å². The fourth-order valence-electron chi connectivity index (χ4n) is 7.45. The number of unbranched alkanes of at least 4 members (excludes halogenated alkanes) is 30. The number of nitrogens with one attached hydrogen (secondary N) is 1. The second-order valence-electron chi connectivity index (χ2n) is 16.8. The molecule has 0 saturated heterocycles. The van der Waals surface area contributed by atoms with E-state index in [2.05, 4.69) is 67.8 Å². The number of hydrogen-bond donors (Lipinski definition) is 3. The van der Waals surface area contributed by atoms with Crippen molar-refractivity contribution in [3.8, 4) is 0 Å². The number of carbonyl (C=O) groups excluding carboxylic acids is 1. The molecule has 0 aliphatic carbocycles. The number of hydrogen-bond acceptors (Lipinski definition) is 3. The van der Waals surface area contributed by atoms with Gasteiger partial charge in [-0.3, -0.25) is 4.79 Å². The average Bonchev–Trinajstić information content (AvgIpc) is 3.22. The highest BCUT2D eigenvalue weighted by Crippen LogP contribution is 2.16. The summed E-state index contributed by atoms with van der Waals surface area (Å²) in [6.07, 6.45) is 67.9. The number of aliphatic hydroxyl groups excluding tert-OH is 2. The molecule has 0 aromatic carbocycles. The topological polar surface area (TPSA) is 69.6 Å². The lowest BCUT2D eigenvalue weighted by Crippen LogP contribution is -2.45. The predicted molar refractivity (Wildman–Crippen MR) is 253 cm³/mol. The summed E-state index contributed by atoms with van der Waals surface area (Å²) < 4.78 is 0. The van der Waals surface area contributed by atoms with Crippen molar-refractivity contribution in [2.45, 2.75) is 264 Å². The fourth-order valence-corrected chi connectivity index (χ4v) is 7.45. The number of amides is 1. The lowest BCUT2D eigenvalue weighted by molar-refractivity contribution is -0.123. The van der Waals surface area contributed by atoms with Crippen LogP contribution < -0.4 is 5.32 Å². The maximum Gasteiger partial charge on any atom is 0.220 e. The van der Waals surface area contributed by atoms with Gasteiger partial charge in [-0.25, -0.2) is 0 Å². The van der Waals surface area contributed by atoms with Crippen LogP contribution in [0.3, 0.4) is 0 Å². The van der Waals surface area contributed by atoms with Crippen LogP contribution in [0.5, 0.6) is 0 Å². The molecule has 0 radical (unpaired) electrons. The van der Waals surface area contributed by atoms with E-state index in [9.17, 15) is 15.0 Å². The Morgan fingerprint density at radius 1 is 0.439 bits per heavy atom. The van der Waals surface area contributed by atoms with Crippen molar-refractivity contribution >= 4 is 5.91 Å². The highest BCUT2D eigenvalue weighted by Gasteiger charge is 2.17. The van der Waals surface area contributed by atoms with Gasteiger partial charge >= 0.3 is 0 Å². The van der Waals surface area contributed by atoms with E-state index in [-0.39, 0.29) is 12.5 Å². The van der Waals surface area contributed by atoms with E-state index in [1.54, 1.807) is 6.08 Å². The van der Waals surface area contributed by atoms with Gasteiger partial charge in [0, 0.05) is 6.42 Å². The summed E-state index contributed by atoms with van der Waals surface area (Å²) in [5.41, 5.74) is 0. The molecular weight excluding hydrogens is 699 g/mol. The average molecular weight is 796 g/mol. The van der Waals surface area contributed by atoms with E-state index in [1.807, 2.05) is 6.08 Å². The van der Waals surface area contributed by atoms with Gasteiger partial charge in [0.25, 0.3) is 0 Å². The minimum atomic E-state index is -0.869. The van der Waals surface area contributed by atoms with Gasteiger partial charge in [-0.05, 0) is 64.2 Å². The summed E-state index contributed by atoms with van der Waals surface area (Å²) in [6.45, 7) is 4.19. The molecule has 2 unspecified atom stereocenters. The van der Waals surface area contributed by atoms with Crippen LogP contribution in [-0.2, 0) is 4.79 Å². The first-order chi connectivity index (χ1) is 28.2. The fraction of sp³-hybridized carbons (Fsp3) is 0.792. The smallest absolute Gasteiger partial charge is 0.220 e. The van der Waals surface area contributed by atoms with Crippen LogP contribution in [0.15, 0.2) is 60.8 Å². The zero-order valence-corrected chi connectivity index (χ0v) is 38.1. The van der Waals surface area contributed by atoms with Crippen LogP contribution in [-0.4, -0.2) is 34.9 Å². The van der Waals surface area contributed by atoms with Gasteiger partial charge in [0.15, 0.2) is 0 Å². The van der Waals surface area contributed by atoms with Crippen molar-refractivity contribution in [3.05, 3.63) is 60.8 Å². The van der Waals surface area contributed by atoms with E-state index in [0.29, 0.717) is 6.42 Å². The molecule has 4 nitrogen and oxygen atoms in total. The van der Waals surface area contributed by atoms with Crippen LogP contribution in [0.4, 0.5) is 0 Å². The monoisotopic (exact) mass is 796 g/mol. The Bertz CT molecular complexity index is 950. The number of aliphatic hydroxyl groups is 2. The molecule has 0 saturated carbocycles. The van der Waals surface area contributed by atoms with Gasteiger partial charge in [0.1, 0.15) is 0 Å². The van der Waals surface area contributed by atoms with E-state index in [0.717, 1.165) is 64.2 Å². The molecule has 0 rings (SSSR count). The zero-order valence-electron chi connectivity index (χ0n) is 38.1. The maximum atomic E-state index is 12.4. The normalized spacial score (nSPS) is 13.4. The third-order valence-corrected chi connectivity index (χ3v) is 11.2. The van der Waals surface area contributed by atoms with Crippen LogP contribution in [0.2, 0.25) is 0 Å². The molecule has 332 valence electrons. The quantitative estimate of drug-likeness (QED) is 0.0425. The highest BCUT2D eigenvalue weighted by atomic mass is 16.3. The Kier molecular flexibility index (Phi) is 46.8. The Morgan fingerprint density at radius 3 is 1.23 bits per heavy atom. The molecule has 3 N–H and O–H groups in total. The van der Waals surface area contributed by atoms with E-state index >= 15 is 0 Å². The maximum absolute atomic E-state index is 12.4. The molecule has 2 atom stereocenters. The standard InChI is InChI=1S/C53H97NO3/c1-3-5-7-9-11-13-15-17-19-21-22-23-24-25-26-27-28-29-30-31-33-34-36-38-40-42-44-46-48-52(56)51(50-55)54-53(57)49-47-45-43-41-39-37-35-32-20-18-16-14-12-10-8-6-4-2/h6,8,12,14,18,20,38,40,46,48,51-52,55-56H,3-5,7,9-11,13,15-17,19,21-37,39,41-45,47,49-50H2,1-2H3,(H,54,57)/b8-6-,14-12-,20-18-,40-38+,48-46+. The van der Waals surface area contributed by atoms with Gasteiger partial charge in [0.05, 0.1) is 18.8 Å². The number of allylic oxidation sites excluding steroid dienone is 9. The molecule has 0 aromatic heterocycles. The molecule has 0 heterocycles.